The van der Waals surface area contributed by atoms with Crippen LogP contribution >= 0.6 is 0 Å². The van der Waals surface area contributed by atoms with Gasteiger partial charge < -0.3 is 4.74 Å². The smallest absolute Gasteiger partial charge is 0.305 e. The first-order chi connectivity index (χ1) is 5.70. The van der Waals surface area contributed by atoms with E-state index in [1.54, 1.807) is 0 Å². The lowest BCUT2D eigenvalue weighted by molar-refractivity contribution is -0.140. The number of carbonyl (C=O) groups is 1. The molecule has 0 N–H and O–H groups in total. The Kier molecular flexibility index (Phi) is 6.44. The van der Waals surface area contributed by atoms with Gasteiger partial charge in [-0.15, -0.1) is 0 Å². The third kappa shape index (κ3) is 5.96. The zero-order valence-corrected chi connectivity index (χ0v) is 8.22. The SMILES string of the molecule is CCCC(C)=CCCC(=O)OC. The van der Waals surface area contributed by atoms with E-state index < -0.39 is 0 Å². The minimum Gasteiger partial charge on any atom is -0.469 e. The lowest BCUT2D eigenvalue weighted by Gasteiger charge is -1.98. The van der Waals surface area contributed by atoms with Gasteiger partial charge in [0.2, 0.25) is 0 Å². The molecule has 0 spiro atoms. The maximum absolute atomic E-state index is 10.7. The molecule has 0 aromatic carbocycles. The molecule has 12 heavy (non-hydrogen) atoms. The predicted molar refractivity (Wildman–Crippen MR) is 49.9 cm³/mol. The molecular weight excluding hydrogens is 152 g/mol. The number of esters is 1. The zero-order chi connectivity index (χ0) is 9.40. The van der Waals surface area contributed by atoms with Gasteiger partial charge in [0.05, 0.1) is 7.11 Å². The summed E-state index contributed by atoms with van der Waals surface area (Å²) in [6, 6.07) is 0. The van der Waals surface area contributed by atoms with Gasteiger partial charge in [-0.2, -0.15) is 0 Å². The van der Waals surface area contributed by atoms with E-state index in [1.807, 2.05) is 0 Å². The lowest BCUT2D eigenvalue weighted by Crippen LogP contribution is -1.98. The quantitative estimate of drug-likeness (QED) is 0.468. The highest BCUT2D eigenvalue weighted by atomic mass is 16.5. The van der Waals surface area contributed by atoms with Crippen LogP contribution < -0.4 is 0 Å². The van der Waals surface area contributed by atoms with Gasteiger partial charge in [-0.25, -0.2) is 0 Å². The van der Waals surface area contributed by atoms with Crippen molar-refractivity contribution in [2.75, 3.05) is 7.11 Å². The highest BCUT2D eigenvalue weighted by molar-refractivity contribution is 5.69. The number of carbonyl (C=O) groups excluding carboxylic acids is 1. The molecular formula is C10H18O2. The molecule has 70 valence electrons. The Labute approximate surface area is 74.6 Å². The van der Waals surface area contributed by atoms with Gasteiger partial charge in [0, 0.05) is 6.42 Å². The molecule has 0 radical (unpaired) electrons. The van der Waals surface area contributed by atoms with Crippen molar-refractivity contribution in [2.45, 2.75) is 39.5 Å². The summed E-state index contributed by atoms with van der Waals surface area (Å²) < 4.78 is 4.52. The topological polar surface area (TPSA) is 26.3 Å². The standard InChI is InChI=1S/C10H18O2/c1-4-6-9(2)7-5-8-10(11)12-3/h7H,4-6,8H2,1-3H3. The first-order valence-corrected chi connectivity index (χ1v) is 4.43. The minimum absolute atomic E-state index is 0.129. The van der Waals surface area contributed by atoms with Gasteiger partial charge in [-0.3, -0.25) is 4.79 Å². The van der Waals surface area contributed by atoms with E-state index in [1.165, 1.54) is 19.1 Å². The lowest BCUT2D eigenvalue weighted by atomic mass is 10.1. The van der Waals surface area contributed by atoms with Crippen molar-refractivity contribution in [1.82, 2.24) is 0 Å². The van der Waals surface area contributed by atoms with E-state index in [9.17, 15) is 4.79 Å². The van der Waals surface area contributed by atoms with Crippen molar-refractivity contribution in [1.29, 1.82) is 0 Å². The first kappa shape index (κ1) is 11.2. The number of ether oxygens (including phenoxy) is 1. The zero-order valence-electron chi connectivity index (χ0n) is 8.22. The van der Waals surface area contributed by atoms with Crippen LogP contribution in [0.15, 0.2) is 11.6 Å². The number of hydrogen-bond donors (Lipinski definition) is 0. The number of allylic oxidation sites excluding steroid dienone is 2. The molecule has 0 heterocycles. The van der Waals surface area contributed by atoms with Crippen molar-refractivity contribution in [3.8, 4) is 0 Å². The average molecular weight is 170 g/mol. The summed E-state index contributed by atoms with van der Waals surface area (Å²) >= 11 is 0. The number of hydrogen-bond acceptors (Lipinski definition) is 2. The largest absolute Gasteiger partial charge is 0.469 e. The molecule has 0 saturated heterocycles. The number of rotatable bonds is 5. The molecule has 0 rings (SSSR count). The van der Waals surface area contributed by atoms with Crippen molar-refractivity contribution < 1.29 is 9.53 Å². The fourth-order valence-electron chi connectivity index (χ4n) is 1.03. The van der Waals surface area contributed by atoms with Gasteiger partial charge in [0.25, 0.3) is 0 Å². The van der Waals surface area contributed by atoms with Crippen LogP contribution in [0, 0.1) is 0 Å². The summed E-state index contributed by atoms with van der Waals surface area (Å²) in [5.74, 6) is -0.129. The Bertz CT molecular complexity index is 159. The Hall–Kier alpha value is -0.790. The molecule has 0 aromatic rings. The summed E-state index contributed by atoms with van der Waals surface area (Å²) in [7, 11) is 1.42. The van der Waals surface area contributed by atoms with E-state index in [0.717, 1.165) is 12.8 Å². The van der Waals surface area contributed by atoms with Crippen LogP contribution in [0.3, 0.4) is 0 Å². The van der Waals surface area contributed by atoms with Crippen molar-refractivity contribution in [3.63, 3.8) is 0 Å². The van der Waals surface area contributed by atoms with Crippen LogP contribution in [-0.2, 0) is 9.53 Å². The highest BCUT2D eigenvalue weighted by Crippen LogP contribution is 2.05. The summed E-state index contributed by atoms with van der Waals surface area (Å²) in [5, 5.41) is 0. The Morgan fingerprint density at radius 2 is 2.08 bits per heavy atom. The van der Waals surface area contributed by atoms with Gasteiger partial charge >= 0.3 is 5.97 Å². The Morgan fingerprint density at radius 1 is 1.42 bits per heavy atom. The van der Waals surface area contributed by atoms with Crippen molar-refractivity contribution in [2.24, 2.45) is 0 Å². The van der Waals surface area contributed by atoms with Gasteiger partial charge in [0.15, 0.2) is 0 Å². The molecule has 2 heteroatoms. The summed E-state index contributed by atoms with van der Waals surface area (Å²) in [5.41, 5.74) is 1.36. The maximum atomic E-state index is 10.7. The molecule has 0 aliphatic heterocycles. The maximum Gasteiger partial charge on any atom is 0.305 e. The molecule has 2 nitrogen and oxygen atoms in total. The second-order valence-electron chi connectivity index (χ2n) is 2.92. The van der Waals surface area contributed by atoms with Crippen LogP contribution in [0.1, 0.15) is 39.5 Å². The van der Waals surface area contributed by atoms with Crippen LogP contribution in [-0.4, -0.2) is 13.1 Å². The van der Waals surface area contributed by atoms with E-state index in [-0.39, 0.29) is 5.97 Å². The molecule has 0 aliphatic rings. The number of methoxy groups -OCH3 is 1. The Morgan fingerprint density at radius 3 is 2.58 bits per heavy atom. The summed E-state index contributed by atoms with van der Waals surface area (Å²) in [4.78, 5) is 10.7. The van der Waals surface area contributed by atoms with Gasteiger partial charge in [0.1, 0.15) is 0 Å². The summed E-state index contributed by atoms with van der Waals surface area (Å²) in [6.45, 7) is 4.25. The normalized spacial score (nSPS) is 11.4. The molecule has 0 atom stereocenters. The molecule has 0 aliphatic carbocycles. The molecule has 0 fully saturated rings. The molecule has 0 unspecified atom stereocenters. The minimum atomic E-state index is -0.129. The third-order valence-electron chi connectivity index (χ3n) is 1.71. The highest BCUT2D eigenvalue weighted by Gasteiger charge is 1.96. The third-order valence-corrected chi connectivity index (χ3v) is 1.71. The summed E-state index contributed by atoms with van der Waals surface area (Å²) in [6.07, 6.45) is 5.71. The van der Waals surface area contributed by atoms with Crippen LogP contribution in [0.4, 0.5) is 0 Å². The van der Waals surface area contributed by atoms with Crippen LogP contribution in [0.2, 0.25) is 0 Å². The fourth-order valence-corrected chi connectivity index (χ4v) is 1.03. The van der Waals surface area contributed by atoms with Gasteiger partial charge in [-0.05, 0) is 19.8 Å². The molecule has 0 saturated carbocycles. The monoisotopic (exact) mass is 170 g/mol. The predicted octanol–water partition coefficient (Wildman–Crippen LogP) is 2.69. The second kappa shape index (κ2) is 6.89. The Balaban J connectivity index is 3.52. The van der Waals surface area contributed by atoms with E-state index in [2.05, 4.69) is 24.7 Å². The van der Waals surface area contributed by atoms with E-state index >= 15 is 0 Å². The second-order valence-corrected chi connectivity index (χ2v) is 2.92. The van der Waals surface area contributed by atoms with Crippen molar-refractivity contribution >= 4 is 5.97 Å². The fraction of sp³-hybridized carbons (Fsp3) is 0.700. The van der Waals surface area contributed by atoms with E-state index in [4.69, 9.17) is 0 Å². The molecule has 0 amide bonds. The molecule has 0 bridgehead atoms. The average Bonchev–Trinajstić information content (AvgIpc) is 2.04. The van der Waals surface area contributed by atoms with Crippen LogP contribution in [0.25, 0.3) is 0 Å². The van der Waals surface area contributed by atoms with Crippen LogP contribution in [0.5, 0.6) is 0 Å². The van der Waals surface area contributed by atoms with E-state index in [0.29, 0.717) is 6.42 Å². The first-order valence-electron chi connectivity index (χ1n) is 4.43. The van der Waals surface area contributed by atoms with Crippen molar-refractivity contribution in [3.05, 3.63) is 11.6 Å². The molecule has 0 aromatic heterocycles. The van der Waals surface area contributed by atoms with Gasteiger partial charge in [-0.1, -0.05) is 25.0 Å².